The summed E-state index contributed by atoms with van der Waals surface area (Å²) < 4.78 is 5.46. The van der Waals surface area contributed by atoms with E-state index in [2.05, 4.69) is 10.2 Å². The molecule has 3 rings (SSSR count). The number of benzene rings is 1. The Morgan fingerprint density at radius 2 is 2.08 bits per heavy atom. The Labute approximate surface area is 148 Å². The van der Waals surface area contributed by atoms with Crippen molar-refractivity contribution in [2.45, 2.75) is 31.3 Å². The number of halogens is 1. The van der Waals surface area contributed by atoms with Crippen LogP contribution < -0.4 is 11.1 Å². The fraction of sp³-hybridized carbons (Fsp3) is 0.611. The molecule has 3 atom stereocenters. The van der Waals surface area contributed by atoms with E-state index in [1.54, 1.807) is 0 Å². The Balaban J connectivity index is 1.68. The van der Waals surface area contributed by atoms with Crippen LogP contribution in [0.2, 0.25) is 5.02 Å². The zero-order valence-electron chi connectivity index (χ0n) is 13.9. The van der Waals surface area contributed by atoms with E-state index in [0.29, 0.717) is 19.8 Å². The maximum Gasteiger partial charge on any atom is 0.223 e. The summed E-state index contributed by atoms with van der Waals surface area (Å²) in [5.74, 6) is 0.171. The molecule has 1 aromatic rings. The van der Waals surface area contributed by atoms with Gasteiger partial charge in [-0.2, -0.15) is 0 Å². The minimum atomic E-state index is 0.0524. The van der Waals surface area contributed by atoms with Gasteiger partial charge < -0.3 is 15.8 Å². The first kappa shape index (κ1) is 17.7. The number of nitrogens with zero attached hydrogens (tertiary/aromatic N) is 1. The molecule has 1 saturated heterocycles. The monoisotopic (exact) mass is 351 g/mol. The topological polar surface area (TPSA) is 67.6 Å². The highest BCUT2D eigenvalue weighted by molar-refractivity contribution is 6.31. The highest BCUT2D eigenvalue weighted by Gasteiger charge is 2.29. The van der Waals surface area contributed by atoms with E-state index in [1.807, 2.05) is 24.3 Å². The average Bonchev–Trinajstić information content (AvgIpc) is 3.04. The van der Waals surface area contributed by atoms with Crippen molar-refractivity contribution in [2.24, 2.45) is 11.7 Å². The normalized spacial score (nSPS) is 26.2. The van der Waals surface area contributed by atoms with Gasteiger partial charge in [0.05, 0.1) is 19.3 Å². The summed E-state index contributed by atoms with van der Waals surface area (Å²) in [6, 6.07) is 8.11. The van der Waals surface area contributed by atoms with Crippen LogP contribution in [0.1, 0.15) is 30.9 Å². The van der Waals surface area contributed by atoms with Crippen molar-refractivity contribution >= 4 is 17.5 Å². The van der Waals surface area contributed by atoms with Crippen LogP contribution in [0.5, 0.6) is 0 Å². The van der Waals surface area contributed by atoms with E-state index < -0.39 is 0 Å². The Morgan fingerprint density at radius 1 is 1.33 bits per heavy atom. The van der Waals surface area contributed by atoms with Crippen molar-refractivity contribution in [3.63, 3.8) is 0 Å². The summed E-state index contributed by atoms with van der Waals surface area (Å²) in [6.07, 6.45) is 2.62. The minimum Gasteiger partial charge on any atom is -0.379 e. The van der Waals surface area contributed by atoms with Crippen LogP contribution in [0.25, 0.3) is 0 Å². The number of ether oxygens (including phenoxy) is 1. The third-order valence-corrected chi connectivity index (χ3v) is 5.41. The van der Waals surface area contributed by atoms with Crippen molar-refractivity contribution in [1.29, 1.82) is 0 Å². The van der Waals surface area contributed by atoms with Gasteiger partial charge in [0.15, 0.2) is 0 Å². The number of amides is 1. The number of carbonyl (C=O) groups is 1. The van der Waals surface area contributed by atoms with Crippen molar-refractivity contribution in [3.05, 3.63) is 34.9 Å². The number of nitrogens with one attached hydrogen (secondary N) is 1. The van der Waals surface area contributed by atoms with E-state index in [9.17, 15) is 4.79 Å². The fourth-order valence-electron chi connectivity index (χ4n) is 3.67. The van der Waals surface area contributed by atoms with E-state index in [-0.39, 0.29) is 23.9 Å². The molecule has 1 saturated carbocycles. The second-order valence-corrected chi connectivity index (χ2v) is 7.11. The van der Waals surface area contributed by atoms with Gasteiger partial charge in [0.25, 0.3) is 0 Å². The van der Waals surface area contributed by atoms with Gasteiger partial charge in [0.2, 0.25) is 5.91 Å². The molecule has 1 heterocycles. The highest BCUT2D eigenvalue weighted by atomic mass is 35.5. The zero-order valence-corrected chi connectivity index (χ0v) is 14.7. The molecule has 1 amide bonds. The van der Waals surface area contributed by atoms with E-state index in [0.717, 1.165) is 42.9 Å². The van der Waals surface area contributed by atoms with Gasteiger partial charge in [-0.15, -0.1) is 0 Å². The van der Waals surface area contributed by atoms with Gasteiger partial charge in [-0.1, -0.05) is 29.8 Å². The Kier molecular flexibility index (Phi) is 6.11. The molecule has 0 radical (unpaired) electrons. The van der Waals surface area contributed by atoms with Gasteiger partial charge >= 0.3 is 0 Å². The summed E-state index contributed by atoms with van der Waals surface area (Å²) in [6.45, 7) is 3.69. The fourth-order valence-corrected chi connectivity index (χ4v) is 3.93. The Morgan fingerprint density at radius 3 is 2.75 bits per heavy atom. The van der Waals surface area contributed by atoms with Crippen LogP contribution >= 0.6 is 11.6 Å². The third-order valence-electron chi connectivity index (χ3n) is 5.06. The van der Waals surface area contributed by atoms with Crippen molar-refractivity contribution in [2.75, 3.05) is 32.8 Å². The summed E-state index contributed by atoms with van der Waals surface area (Å²) in [5, 5.41) is 3.87. The van der Waals surface area contributed by atoms with E-state index >= 15 is 0 Å². The molecule has 0 bridgehead atoms. The van der Waals surface area contributed by atoms with Crippen LogP contribution in [-0.2, 0) is 9.53 Å². The molecule has 3 N–H and O–H groups in total. The number of hydrogen-bond acceptors (Lipinski definition) is 4. The molecular formula is C18H26ClN3O2. The molecule has 0 aromatic heterocycles. The Bertz CT molecular complexity index is 563. The van der Waals surface area contributed by atoms with Gasteiger partial charge in [0.1, 0.15) is 0 Å². The molecule has 1 aromatic carbocycles. The average molecular weight is 352 g/mol. The maximum atomic E-state index is 12.5. The van der Waals surface area contributed by atoms with Crippen LogP contribution in [0, 0.1) is 5.92 Å². The summed E-state index contributed by atoms with van der Waals surface area (Å²) >= 11 is 6.41. The minimum absolute atomic E-state index is 0.0524. The first-order chi connectivity index (χ1) is 11.6. The van der Waals surface area contributed by atoms with Crippen LogP contribution in [0.4, 0.5) is 0 Å². The SMILES string of the molecule is NC1CCC(C(=O)NCC(c2ccccc2Cl)N2CCOCC2)C1. The third kappa shape index (κ3) is 4.28. The molecule has 1 aliphatic carbocycles. The predicted molar refractivity (Wildman–Crippen MR) is 94.9 cm³/mol. The van der Waals surface area contributed by atoms with Crippen LogP contribution in [-0.4, -0.2) is 49.7 Å². The molecule has 2 aliphatic rings. The summed E-state index contributed by atoms with van der Waals surface area (Å²) in [4.78, 5) is 14.8. The van der Waals surface area contributed by atoms with Crippen molar-refractivity contribution in [3.8, 4) is 0 Å². The van der Waals surface area contributed by atoms with E-state index in [4.69, 9.17) is 22.1 Å². The van der Waals surface area contributed by atoms with Crippen molar-refractivity contribution < 1.29 is 9.53 Å². The lowest BCUT2D eigenvalue weighted by molar-refractivity contribution is -0.125. The lowest BCUT2D eigenvalue weighted by atomic mass is 10.0. The second-order valence-electron chi connectivity index (χ2n) is 6.70. The molecule has 1 aliphatic heterocycles. The van der Waals surface area contributed by atoms with Gasteiger partial charge in [0, 0.05) is 36.6 Å². The van der Waals surface area contributed by atoms with Crippen molar-refractivity contribution in [1.82, 2.24) is 10.2 Å². The molecule has 0 spiro atoms. The van der Waals surface area contributed by atoms with Gasteiger partial charge in [-0.05, 0) is 30.9 Å². The van der Waals surface area contributed by atoms with E-state index in [1.165, 1.54) is 0 Å². The maximum absolute atomic E-state index is 12.5. The molecule has 24 heavy (non-hydrogen) atoms. The molecule has 6 heteroatoms. The smallest absolute Gasteiger partial charge is 0.223 e. The standard InChI is InChI=1S/C18H26ClN3O2/c19-16-4-2-1-3-15(16)17(22-7-9-24-10-8-22)12-21-18(23)13-5-6-14(20)11-13/h1-4,13-14,17H,5-12,20H2,(H,21,23). The predicted octanol–water partition coefficient (Wildman–Crippen LogP) is 1.96. The van der Waals surface area contributed by atoms with Crippen LogP contribution in [0.3, 0.4) is 0 Å². The number of carbonyl (C=O) groups excluding carboxylic acids is 1. The number of morpholine rings is 1. The second kappa shape index (κ2) is 8.30. The lowest BCUT2D eigenvalue weighted by Crippen LogP contribution is -2.44. The molecule has 3 unspecified atom stereocenters. The lowest BCUT2D eigenvalue weighted by Gasteiger charge is -2.35. The summed E-state index contributed by atoms with van der Waals surface area (Å²) in [7, 11) is 0. The first-order valence-electron chi connectivity index (χ1n) is 8.74. The van der Waals surface area contributed by atoms with Gasteiger partial charge in [-0.25, -0.2) is 0 Å². The quantitative estimate of drug-likeness (QED) is 0.851. The number of rotatable bonds is 5. The summed E-state index contributed by atoms with van der Waals surface area (Å²) in [5.41, 5.74) is 6.99. The molecule has 2 fully saturated rings. The molecule has 132 valence electrons. The zero-order chi connectivity index (χ0) is 16.9. The number of nitrogens with two attached hydrogens (primary N) is 1. The van der Waals surface area contributed by atoms with Gasteiger partial charge in [-0.3, -0.25) is 9.69 Å². The number of hydrogen-bond donors (Lipinski definition) is 2. The highest BCUT2D eigenvalue weighted by Crippen LogP contribution is 2.29. The molecular weight excluding hydrogens is 326 g/mol. The van der Waals surface area contributed by atoms with Crippen LogP contribution in [0.15, 0.2) is 24.3 Å². The first-order valence-corrected chi connectivity index (χ1v) is 9.12. The molecule has 5 nitrogen and oxygen atoms in total. The largest absolute Gasteiger partial charge is 0.379 e. The Hall–Kier alpha value is -1.14.